The SMILES string of the molecule is Cc1cc(NC(=O)C2CC(c3cccc(Br)c3)=NO2)nn1Cc1cccc(C(F)(F)F)c1. The van der Waals surface area contributed by atoms with Crippen LogP contribution in [0.3, 0.4) is 0 Å². The number of rotatable bonds is 5. The molecule has 2 heterocycles. The summed E-state index contributed by atoms with van der Waals surface area (Å²) in [5.74, 6) is -0.110. The first kappa shape index (κ1) is 22.1. The fourth-order valence-corrected chi connectivity index (χ4v) is 3.71. The van der Waals surface area contributed by atoms with Crippen molar-refractivity contribution in [2.75, 3.05) is 5.32 Å². The van der Waals surface area contributed by atoms with Crippen molar-refractivity contribution in [1.82, 2.24) is 9.78 Å². The molecule has 0 aliphatic carbocycles. The molecule has 1 aromatic heterocycles. The second-order valence-corrected chi connectivity index (χ2v) is 8.28. The molecule has 0 saturated heterocycles. The van der Waals surface area contributed by atoms with E-state index in [2.05, 4.69) is 31.5 Å². The summed E-state index contributed by atoms with van der Waals surface area (Å²) >= 11 is 3.40. The lowest BCUT2D eigenvalue weighted by molar-refractivity contribution is -0.137. The molecule has 1 aliphatic heterocycles. The van der Waals surface area contributed by atoms with Gasteiger partial charge >= 0.3 is 6.18 Å². The number of carbonyl (C=O) groups is 1. The molecule has 1 aliphatic rings. The smallest absolute Gasteiger partial charge is 0.382 e. The topological polar surface area (TPSA) is 68.5 Å². The second-order valence-electron chi connectivity index (χ2n) is 7.36. The van der Waals surface area contributed by atoms with Gasteiger partial charge in [0.2, 0.25) is 6.10 Å². The zero-order valence-electron chi connectivity index (χ0n) is 16.9. The molecule has 0 bridgehead atoms. The molecule has 3 aromatic rings. The largest absolute Gasteiger partial charge is 0.416 e. The fraction of sp³-hybridized carbons (Fsp3) is 0.227. The zero-order valence-corrected chi connectivity index (χ0v) is 18.4. The Balaban J connectivity index is 1.40. The van der Waals surface area contributed by atoms with Crippen LogP contribution < -0.4 is 5.32 Å². The number of amides is 1. The lowest BCUT2D eigenvalue weighted by Crippen LogP contribution is -2.28. The summed E-state index contributed by atoms with van der Waals surface area (Å²) < 4.78 is 41.3. The van der Waals surface area contributed by atoms with E-state index in [1.807, 2.05) is 24.3 Å². The number of hydrogen-bond acceptors (Lipinski definition) is 4. The monoisotopic (exact) mass is 506 g/mol. The Morgan fingerprint density at radius 3 is 2.75 bits per heavy atom. The van der Waals surface area contributed by atoms with Gasteiger partial charge in [0.25, 0.3) is 5.91 Å². The maximum Gasteiger partial charge on any atom is 0.416 e. The number of anilines is 1. The van der Waals surface area contributed by atoms with Crippen molar-refractivity contribution in [3.05, 3.63) is 81.5 Å². The number of nitrogens with zero attached hydrogens (tertiary/aromatic N) is 3. The molecule has 2 aromatic carbocycles. The Kier molecular flexibility index (Phi) is 6.05. The molecule has 10 heteroatoms. The number of nitrogens with one attached hydrogen (secondary N) is 1. The lowest BCUT2D eigenvalue weighted by atomic mass is 10.0. The molecule has 0 saturated carbocycles. The van der Waals surface area contributed by atoms with Crippen LogP contribution in [-0.4, -0.2) is 27.5 Å². The molecule has 4 rings (SSSR count). The summed E-state index contributed by atoms with van der Waals surface area (Å²) in [5.41, 5.74) is 1.95. The third kappa shape index (κ3) is 5.01. The zero-order chi connectivity index (χ0) is 22.9. The van der Waals surface area contributed by atoms with Gasteiger partial charge in [0.15, 0.2) is 5.82 Å². The maximum atomic E-state index is 12.9. The van der Waals surface area contributed by atoms with Crippen LogP contribution in [0.2, 0.25) is 0 Å². The van der Waals surface area contributed by atoms with Crippen LogP contribution in [0.5, 0.6) is 0 Å². The Morgan fingerprint density at radius 1 is 1.22 bits per heavy atom. The van der Waals surface area contributed by atoms with E-state index >= 15 is 0 Å². The average molecular weight is 507 g/mol. The van der Waals surface area contributed by atoms with E-state index in [0.29, 0.717) is 29.2 Å². The maximum absolute atomic E-state index is 12.9. The number of aryl methyl sites for hydroxylation is 1. The van der Waals surface area contributed by atoms with E-state index in [-0.39, 0.29) is 6.54 Å². The summed E-state index contributed by atoms with van der Waals surface area (Å²) in [4.78, 5) is 17.9. The van der Waals surface area contributed by atoms with Gasteiger partial charge in [0, 0.05) is 28.2 Å². The normalized spacial score (nSPS) is 15.9. The first-order valence-corrected chi connectivity index (χ1v) is 10.5. The van der Waals surface area contributed by atoms with Gasteiger partial charge in [-0.05, 0) is 36.8 Å². The van der Waals surface area contributed by atoms with Gasteiger partial charge in [0.1, 0.15) is 0 Å². The molecule has 0 fully saturated rings. The summed E-state index contributed by atoms with van der Waals surface area (Å²) in [7, 11) is 0. The van der Waals surface area contributed by atoms with Crippen molar-refractivity contribution < 1.29 is 22.8 Å². The molecule has 1 atom stereocenters. The molecular formula is C22H18BrF3N4O2. The second kappa shape index (κ2) is 8.78. The molecule has 1 N–H and O–H groups in total. The van der Waals surface area contributed by atoms with Crippen molar-refractivity contribution >= 4 is 33.4 Å². The van der Waals surface area contributed by atoms with Crippen molar-refractivity contribution in [3.8, 4) is 0 Å². The number of halogens is 4. The molecule has 1 amide bonds. The van der Waals surface area contributed by atoms with Crippen LogP contribution in [0.4, 0.5) is 19.0 Å². The Hall–Kier alpha value is -3.14. The highest BCUT2D eigenvalue weighted by Crippen LogP contribution is 2.30. The quantitative estimate of drug-likeness (QED) is 0.520. The van der Waals surface area contributed by atoms with Crippen LogP contribution in [0.25, 0.3) is 0 Å². The van der Waals surface area contributed by atoms with Gasteiger partial charge < -0.3 is 10.2 Å². The number of benzene rings is 2. The molecular weight excluding hydrogens is 489 g/mol. The van der Waals surface area contributed by atoms with Crippen molar-refractivity contribution in [2.24, 2.45) is 5.16 Å². The first-order valence-electron chi connectivity index (χ1n) is 9.69. The first-order chi connectivity index (χ1) is 15.2. The Labute approximate surface area is 190 Å². The predicted octanol–water partition coefficient (Wildman–Crippen LogP) is 5.15. The van der Waals surface area contributed by atoms with Gasteiger partial charge in [0.05, 0.1) is 17.8 Å². The van der Waals surface area contributed by atoms with Gasteiger partial charge in [-0.15, -0.1) is 0 Å². The van der Waals surface area contributed by atoms with E-state index < -0.39 is 23.8 Å². The number of alkyl halides is 3. The summed E-state index contributed by atoms with van der Waals surface area (Å²) in [6.07, 6.45) is -4.89. The van der Waals surface area contributed by atoms with Gasteiger partial charge in [-0.1, -0.05) is 45.4 Å². The van der Waals surface area contributed by atoms with Gasteiger partial charge in [-0.3, -0.25) is 9.48 Å². The molecule has 6 nitrogen and oxygen atoms in total. The number of carbonyl (C=O) groups excluding carboxylic acids is 1. The predicted molar refractivity (Wildman–Crippen MR) is 116 cm³/mol. The standard InChI is InChI=1S/C22H18BrF3N4O2/c1-13-8-20(28-30(13)12-14-4-2-6-16(9-14)22(24,25)26)27-21(31)19-11-18(29-32-19)15-5-3-7-17(23)10-15/h2-10,19H,11-12H2,1H3,(H,27,28,31). The van der Waals surface area contributed by atoms with Crippen LogP contribution in [0.15, 0.2) is 64.2 Å². The third-order valence-corrected chi connectivity index (χ3v) is 5.43. The highest BCUT2D eigenvalue weighted by atomic mass is 79.9. The summed E-state index contributed by atoms with van der Waals surface area (Å²) in [6.45, 7) is 1.90. The minimum absolute atomic E-state index is 0.141. The summed E-state index contributed by atoms with van der Waals surface area (Å²) in [5, 5.41) is 11.0. The van der Waals surface area contributed by atoms with Crippen LogP contribution >= 0.6 is 15.9 Å². The van der Waals surface area contributed by atoms with Gasteiger partial charge in [-0.2, -0.15) is 18.3 Å². The van der Waals surface area contributed by atoms with Crippen molar-refractivity contribution in [3.63, 3.8) is 0 Å². The molecule has 0 radical (unpaired) electrons. The molecule has 32 heavy (non-hydrogen) atoms. The van der Waals surface area contributed by atoms with Crippen LogP contribution in [0.1, 0.15) is 28.8 Å². The van der Waals surface area contributed by atoms with E-state index in [0.717, 1.165) is 22.2 Å². The minimum Gasteiger partial charge on any atom is -0.382 e. The molecule has 0 spiro atoms. The Bertz CT molecular complexity index is 1190. The van der Waals surface area contributed by atoms with Crippen molar-refractivity contribution in [1.29, 1.82) is 0 Å². The number of hydrogen-bond donors (Lipinski definition) is 1. The molecule has 166 valence electrons. The van der Waals surface area contributed by atoms with E-state index in [4.69, 9.17) is 4.84 Å². The van der Waals surface area contributed by atoms with E-state index in [1.165, 1.54) is 10.7 Å². The number of aromatic nitrogens is 2. The third-order valence-electron chi connectivity index (χ3n) is 4.94. The van der Waals surface area contributed by atoms with Crippen LogP contribution in [0, 0.1) is 6.92 Å². The fourth-order valence-electron chi connectivity index (χ4n) is 3.31. The van der Waals surface area contributed by atoms with E-state index in [1.54, 1.807) is 19.1 Å². The lowest BCUT2D eigenvalue weighted by Gasteiger charge is -2.10. The van der Waals surface area contributed by atoms with E-state index in [9.17, 15) is 18.0 Å². The van der Waals surface area contributed by atoms with Crippen molar-refractivity contribution in [2.45, 2.75) is 32.2 Å². The highest BCUT2D eigenvalue weighted by Gasteiger charge is 2.31. The summed E-state index contributed by atoms with van der Waals surface area (Å²) in [6, 6.07) is 14.3. The minimum atomic E-state index is -4.41. The van der Waals surface area contributed by atoms with Gasteiger partial charge in [-0.25, -0.2) is 0 Å². The average Bonchev–Trinajstić information content (AvgIpc) is 3.35. The highest BCUT2D eigenvalue weighted by molar-refractivity contribution is 9.10. The molecule has 1 unspecified atom stereocenters. The Morgan fingerprint density at radius 2 is 2.00 bits per heavy atom. The van der Waals surface area contributed by atoms with Crippen LogP contribution in [-0.2, 0) is 22.4 Å². The number of oxime groups is 1.